The third kappa shape index (κ3) is 3.52. The summed E-state index contributed by atoms with van der Waals surface area (Å²) in [5.74, 6) is -0.364. The fourth-order valence-corrected chi connectivity index (χ4v) is 2.32. The highest BCUT2D eigenvalue weighted by molar-refractivity contribution is 6.42. The summed E-state index contributed by atoms with van der Waals surface area (Å²) < 4.78 is 0. The predicted octanol–water partition coefficient (Wildman–Crippen LogP) is 2.12. The Hall–Kier alpha value is -1.53. The molecule has 0 aromatic carbocycles. The molecule has 3 amide bonds. The standard InChI is InChI=1S/C12H14Cl2N4O2/c13-8-4-10(16-5-9(8)14)17-12(20)18-3-1-2-7(6-18)11(15)19/h4-5,7H,1-3,6H2,(H2,15,19)(H,16,17,20)/t7-/m0/s1. The van der Waals surface area contributed by atoms with Crippen molar-refractivity contribution in [2.45, 2.75) is 12.8 Å². The van der Waals surface area contributed by atoms with Crippen molar-refractivity contribution in [3.05, 3.63) is 22.3 Å². The minimum absolute atomic E-state index is 0.295. The van der Waals surface area contributed by atoms with Crippen LogP contribution in [0.25, 0.3) is 0 Å². The van der Waals surface area contributed by atoms with Crippen molar-refractivity contribution < 1.29 is 9.59 Å². The van der Waals surface area contributed by atoms with E-state index in [0.717, 1.165) is 6.42 Å². The number of nitrogens with zero attached hydrogens (tertiary/aromatic N) is 2. The third-order valence-corrected chi connectivity index (χ3v) is 3.87. The topological polar surface area (TPSA) is 88.3 Å². The first-order valence-electron chi connectivity index (χ1n) is 6.13. The van der Waals surface area contributed by atoms with Crippen LogP contribution in [0, 0.1) is 5.92 Å². The molecule has 1 saturated heterocycles. The van der Waals surface area contributed by atoms with Gasteiger partial charge in [-0.1, -0.05) is 23.2 Å². The van der Waals surface area contributed by atoms with E-state index in [1.165, 1.54) is 12.3 Å². The molecule has 0 radical (unpaired) electrons. The molecule has 1 aliphatic heterocycles. The second kappa shape index (κ2) is 6.28. The lowest BCUT2D eigenvalue weighted by molar-refractivity contribution is -0.123. The molecule has 0 saturated carbocycles. The van der Waals surface area contributed by atoms with Crippen LogP contribution in [0.3, 0.4) is 0 Å². The Kier molecular flexibility index (Phi) is 4.67. The van der Waals surface area contributed by atoms with Gasteiger partial charge in [0.2, 0.25) is 5.91 Å². The number of carbonyl (C=O) groups is 2. The van der Waals surface area contributed by atoms with Gasteiger partial charge < -0.3 is 10.6 Å². The van der Waals surface area contributed by atoms with Crippen molar-refractivity contribution in [2.24, 2.45) is 11.7 Å². The number of piperidine rings is 1. The Labute approximate surface area is 126 Å². The van der Waals surface area contributed by atoms with Crippen LogP contribution in [0.5, 0.6) is 0 Å². The summed E-state index contributed by atoms with van der Waals surface area (Å²) >= 11 is 11.6. The van der Waals surface area contributed by atoms with Gasteiger partial charge in [-0.2, -0.15) is 0 Å². The van der Waals surface area contributed by atoms with Crippen LogP contribution < -0.4 is 11.1 Å². The number of carbonyl (C=O) groups excluding carboxylic acids is 2. The van der Waals surface area contributed by atoms with Crippen LogP contribution in [0.1, 0.15) is 12.8 Å². The summed E-state index contributed by atoms with van der Waals surface area (Å²) in [6.45, 7) is 0.902. The zero-order valence-corrected chi connectivity index (χ0v) is 12.1. The maximum atomic E-state index is 12.1. The highest BCUT2D eigenvalue weighted by Gasteiger charge is 2.27. The number of primary amides is 1. The highest BCUT2D eigenvalue weighted by atomic mass is 35.5. The second-order valence-corrected chi connectivity index (χ2v) is 5.42. The predicted molar refractivity (Wildman–Crippen MR) is 76.8 cm³/mol. The van der Waals surface area contributed by atoms with Gasteiger partial charge in [0.05, 0.1) is 16.0 Å². The van der Waals surface area contributed by atoms with Crippen LogP contribution in [-0.2, 0) is 4.79 Å². The number of anilines is 1. The first-order valence-corrected chi connectivity index (χ1v) is 6.89. The number of amides is 3. The van der Waals surface area contributed by atoms with E-state index in [4.69, 9.17) is 28.9 Å². The number of hydrogen-bond acceptors (Lipinski definition) is 3. The minimum atomic E-state index is -0.379. The van der Waals surface area contributed by atoms with Crippen LogP contribution in [0.15, 0.2) is 12.3 Å². The van der Waals surface area contributed by atoms with Gasteiger partial charge in [0.1, 0.15) is 5.82 Å². The van der Waals surface area contributed by atoms with E-state index in [0.29, 0.717) is 35.4 Å². The van der Waals surface area contributed by atoms with Crippen molar-refractivity contribution in [1.82, 2.24) is 9.88 Å². The Bertz CT molecular complexity index is 538. The van der Waals surface area contributed by atoms with Crippen molar-refractivity contribution in [3.63, 3.8) is 0 Å². The summed E-state index contributed by atoms with van der Waals surface area (Å²) in [6.07, 6.45) is 2.82. The molecule has 1 aliphatic rings. The van der Waals surface area contributed by atoms with Crippen LogP contribution in [-0.4, -0.2) is 34.9 Å². The molecular formula is C12H14Cl2N4O2. The molecule has 0 bridgehead atoms. The Morgan fingerprint density at radius 3 is 2.80 bits per heavy atom. The second-order valence-electron chi connectivity index (χ2n) is 4.60. The molecule has 1 fully saturated rings. The van der Waals surface area contributed by atoms with E-state index in [2.05, 4.69) is 10.3 Å². The minimum Gasteiger partial charge on any atom is -0.369 e. The molecule has 2 heterocycles. The maximum Gasteiger partial charge on any atom is 0.323 e. The number of nitrogens with two attached hydrogens (primary N) is 1. The normalized spacial score (nSPS) is 18.7. The monoisotopic (exact) mass is 316 g/mol. The molecule has 1 aromatic rings. The fraction of sp³-hybridized carbons (Fsp3) is 0.417. The van der Waals surface area contributed by atoms with E-state index in [1.54, 1.807) is 4.90 Å². The number of halogens is 2. The molecule has 1 aromatic heterocycles. The number of aromatic nitrogens is 1. The SMILES string of the molecule is NC(=O)[C@H]1CCCN(C(=O)Nc2cc(Cl)c(Cl)cn2)C1. The summed E-state index contributed by atoms with van der Waals surface area (Å²) in [5.41, 5.74) is 5.28. The Balaban J connectivity index is 2.00. The zero-order chi connectivity index (χ0) is 14.7. The van der Waals surface area contributed by atoms with Crippen LogP contribution in [0.4, 0.5) is 10.6 Å². The first-order chi connectivity index (χ1) is 9.47. The molecule has 6 nitrogen and oxygen atoms in total. The number of rotatable bonds is 2. The lowest BCUT2D eigenvalue weighted by Crippen LogP contribution is -2.45. The van der Waals surface area contributed by atoms with Gasteiger partial charge in [0.25, 0.3) is 0 Å². The van der Waals surface area contributed by atoms with E-state index in [9.17, 15) is 9.59 Å². The molecule has 8 heteroatoms. The van der Waals surface area contributed by atoms with Gasteiger partial charge in [-0.15, -0.1) is 0 Å². The molecular weight excluding hydrogens is 303 g/mol. The maximum absolute atomic E-state index is 12.1. The van der Waals surface area contributed by atoms with Gasteiger partial charge >= 0.3 is 6.03 Å². The first kappa shape index (κ1) is 14.9. The smallest absolute Gasteiger partial charge is 0.323 e. The molecule has 0 aliphatic carbocycles. The summed E-state index contributed by atoms with van der Waals surface area (Å²) in [5, 5.41) is 3.25. The third-order valence-electron chi connectivity index (χ3n) is 3.15. The number of pyridine rings is 1. The molecule has 2 rings (SSSR count). The van der Waals surface area contributed by atoms with Crippen LogP contribution in [0.2, 0.25) is 10.0 Å². The van der Waals surface area contributed by atoms with E-state index < -0.39 is 0 Å². The molecule has 20 heavy (non-hydrogen) atoms. The average Bonchev–Trinajstić information content (AvgIpc) is 2.43. The van der Waals surface area contributed by atoms with E-state index >= 15 is 0 Å². The Morgan fingerprint density at radius 1 is 1.40 bits per heavy atom. The van der Waals surface area contributed by atoms with Crippen molar-refractivity contribution in [2.75, 3.05) is 18.4 Å². The van der Waals surface area contributed by atoms with Crippen LogP contribution >= 0.6 is 23.2 Å². The summed E-state index contributed by atoms with van der Waals surface area (Å²) in [6, 6.07) is 1.14. The highest BCUT2D eigenvalue weighted by Crippen LogP contribution is 2.23. The van der Waals surface area contributed by atoms with Gasteiger partial charge in [-0.25, -0.2) is 9.78 Å². The quantitative estimate of drug-likeness (QED) is 0.875. The number of urea groups is 1. The molecule has 108 valence electrons. The van der Waals surface area contributed by atoms with E-state index in [1.807, 2.05) is 0 Å². The van der Waals surface area contributed by atoms with Crippen molar-refractivity contribution in [3.8, 4) is 0 Å². The lowest BCUT2D eigenvalue weighted by atomic mass is 9.98. The van der Waals surface area contributed by atoms with Gasteiger partial charge in [-0.05, 0) is 12.8 Å². The summed E-state index contributed by atoms with van der Waals surface area (Å²) in [4.78, 5) is 28.8. The van der Waals surface area contributed by atoms with Gasteiger partial charge in [-0.3, -0.25) is 10.1 Å². The number of hydrogen-bond donors (Lipinski definition) is 2. The lowest BCUT2D eigenvalue weighted by Gasteiger charge is -2.31. The van der Waals surface area contributed by atoms with Crippen molar-refractivity contribution in [1.29, 1.82) is 0 Å². The average molecular weight is 317 g/mol. The molecule has 3 N–H and O–H groups in total. The Morgan fingerprint density at radius 2 is 2.15 bits per heavy atom. The molecule has 0 unspecified atom stereocenters. The van der Waals surface area contributed by atoms with E-state index in [-0.39, 0.29) is 17.9 Å². The zero-order valence-electron chi connectivity index (χ0n) is 10.6. The van der Waals surface area contributed by atoms with Gasteiger partial charge in [0, 0.05) is 25.4 Å². The number of likely N-dealkylation sites (tertiary alicyclic amines) is 1. The van der Waals surface area contributed by atoms with Gasteiger partial charge in [0.15, 0.2) is 0 Å². The fourth-order valence-electron chi connectivity index (χ4n) is 2.06. The molecule has 1 atom stereocenters. The van der Waals surface area contributed by atoms with Crippen molar-refractivity contribution >= 4 is 41.0 Å². The largest absolute Gasteiger partial charge is 0.369 e. The molecule has 0 spiro atoms. The summed E-state index contributed by atoms with van der Waals surface area (Å²) in [7, 11) is 0. The number of nitrogens with one attached hydrogen (secondary N) is 1.